The van der Waals surface area contributed by atoms with Gasteiger partial charge in [-0.15, -0.1) is 0 Å². The van der Waals surface area contributed by atoms with Gasteiger partial charge in [-0.1, -0.05) is 75.4 Å². The molecule has 0 radical (unpaired) electrons. The number of nitrogens with zero attached hydrogens (tertiary/aromatic N) is 1. The van der Waals surface area contributed by atoms with Gasteiger partial charge < -0.3 is 15.0 Å². The smallest absolute Gasteiger partial charge is 0.218 e. The van der Waals surface area contributed by atoms with Gasteiger partial charge in [0.1, 0.15) is 5.75 Å². The van der Waals surface area contributed by atoms with Crippen LogP contribution in [0.3, 0.4) is 0 Å². The first-order valence-corrected chi connectivity index (χ1v) is 11.4. The fourth-order valence-electron chi connectivity index (χ4n) is 4.44. The molecule has 0 saturated heterocycles. The van der Waals surface area contributed by atoms with Crippen LogP contribution in [0.2, 0.25) is 0 Å². The predicted molar refractivity (Wildman–Crippen MR) is 135 cm³/mol. The number of carbonyl (C=O) groups excluding carboxylic acids is 1. The number of amides is 1. The topological polar surface area (TPSA) is 57.2 Å². The third kappa shape index (κ3) is 4.95. The Morgan fingerprint density at radius 3 is 2.24 bits per heavy atom. The molecule has 1 amide bonds. The van der Waals surface area contributed by atoms with E-state index in [2.05, 4.69) is 86.1 Å². The molecule has 170 valence electrons. The van der Waals surface area contributed by atoms with Crippen molar-refractivity contribution in [2.24, 2.45) is 5.73 Å². The van der Waals surface area contributed by atoms with Crippen LogP contribution in [0.4, 0.5) is 0 Å². The minimum atomic E-state index is -0.299. The van der Waals surface area contributed by atoms with Crippen LogP contribution in [-0.4, -0.2) is 17.6 Å². The van der Waals surface area contributed by atoms with Gasteiger partial charge in [-0.05, 0) is 45.9 Å². The fraction of sp³-hybridized carbons (Fsp3) is 0.276. The van der Waals surface area contributed by atoms with E-state index in [1.165, 1.54) is 11.1 Å². The minimum Gasteiger partial charge on any atom is -0.497 e. The maximum Gasteiger partial charge on any atom is 0.218 e. The highest BCUT2D eigenvalue weighted by Crippen LogP contribution is 2.36. The van der Waals surface area contributed by atoms with Crippen molar-refractivity contribution in [1.82, 2.24) is 4.57 Å². The summed E-state index contributed by atoms with van der Waals surface area (Å²) in [6.07, 6.45) is 2.45. The summed E-state index contributed by atoms with van der Waals surface area (Å²) >= 11 is 0. The number of ether oxygens (including phenoxy) is 1. The number of hydrogen-bond donors (Lipinski definition) is 1. The summed E-state index contributed by atoms with van der Waals surface area (Å²) in [5.74, 6) is 0.447. The molecule has 0 saturated carbocycles. The first kappa shape index (κ1) is 22.7. The van der Waals surface area contributed by atoms with Crippen molar-refractivity contribution in [3.63, 3.8) is 0 Å². The highest BCUT2D eigenvalue weighted by atomic mass is 16.5. The molecule has 1 atom stereocenters. The van der Waals surface area contributed by atoms with Crippen LogP contribution in [0.5, 0.6) is 5.75 Å². The van der Waals surface area contributed by atoms with E-state index in [9.17, 15) is 4.79 Å². The van der Waals surface area contributed by atoms with E-state index < -0.39 is 0 Å². The molecule has 0 unspecified atom stereocenters. The minimum absolute atomic E-state index is 0.0755. The Labute approximate surface area is 196 Å². The van der Waals surface area contributed by atoms with Crippen molar-refractivity contribution in [1.29, 1.82) is 0 Å². The zero-order valence-corrected chi connectivity index (χ0v) is 19.8. The molecule has 4 nitrogen and oxygen atoms in total. The summed E-state index contributed by atoms with van der Waals surface area (Å²) in [5.41, 5.74) is 11.6. The zero-order chi connectivity index (χ0) is 23.6. The van der Waals surface area contributed by atoms with E-state index in [1.807, 2.05) is 18.2 Å². The molecule has 0 spiro atoms. The van der Waals surface area contributed by atoms with Crippen LogP contribution in [0.15, 0.2) is 79.0 Å². The molecule has 4 aromatic rings. The summed E-state index contributed by atoms with van der Waals surface area (Å²) in [7, 11) is 1.67. The van der Waals surface area contributed by atoms with Crippen molar-refractivity contribution < 1.29 is 9.53 Å². The molecular weight excluding hydrogens is 408 g/mol. The van der Waals surface area contributed by atoms with Crippen molar-refractivity contribution in [2.75, 3.05) is 7.11 Å². The van der Waals surface area contributed by atoms with E-state index >= 15 is 0 Å². The number of hydrogen-bond acceptors (Lipinski definition) is 2. The van der Waals surface area contributed by atoms with Gasteiger partial charge in [0.2, 0.25) is 5.91 Å². The molecule has 0 fully saturated rings. The maximum absolute atomic E-state index is 12.1. The van der Waals surface area contributed by atoms with Crippen LogP contribution < -0.4 is 10.5 Å². The third-order valence-electron chi connectivity index (χ3n) is 6.29. The Kier molecular flexibility index (Phi) is 6.28. The summed E-state index contributed by atoms with van der Waals surface area (Å²) < 4.78 is 7.54. The van der Waals surface area contributed by atoms with Gasteiger partial charge in [0.25, 0.3) is 0 Å². The SMILES string of the molecule is COc1ccc(Cn2cc([C@@H](CC(N)=O)c3ccc(C(C)(C)C)cc3)c3ccccc32)cc1. The molecule has 0 aliphatic heterocycles. The fourth-order valence-corrected chi connectivity index (χ4v) is 4.44. The lowest BCUT2D eigenvalue weighted by molar-refractivity contribution is -0.118. The molecule has 0 aliphatic rings. The first-order chi connectivity index (χ1) is 15.8. The van der Waals surface area contributed by atoms with Crippen LogP contribution in [-0.2, 0) is 16.8 Å². The summed E-state index contributed by atoms with van der Waals surface area (Å²) in [4.78, 5) is 12.1. The van der Waals surface area contributed by atoms with Crippen molar-refractivity contribution >= 4 is 16.8 Å². The van der Waals surface area contributed by atoms with Crippen molar-refractivity contribution in [2.45, 2.75) is 45.1 Å². The van der Waals surface area contributed by atoms with Crippen LogP contribution in [0, 0.1) is 0 Å². The number of carbonyl (C=O) groups is 1. The van der Waals surface area contributed by atoms with Crippen molar-refractivity contribution in [3.8, 4) is 5.75 Å². The summed E-state index contributed by atoms with van der Waals surface area (Å²) in [6.45, 7) is 7.35. The molecule has 3 aromatic carbocycles. The molecule has 33 heavy (non-hydrogen) atoms. The lowest BCUT2D eigenvalue weighted by atomic mass is 9.83. The lowest BCUT2D eigenvalue weighted by Crippen LogP contribution is -2.16. The highest BCUT2D eigenvalue weighted by Gasteiger charge is 2.23. The Hall–Kier alpha value is -3.53. The van der Waals surface area contributed by atoms with E-state index in [-0.39, 0.29) is 23.7 Å². The highest BCUT2D eigenvalue weighted by molar-refractivity contribution is 5.86. The Balaban J connectivity index is 1.77. The number of para-hydroxylation sites is 1. The van der Waals surface area contributed by atoms with Crippen LogP contribution >= 0.6 is 0 Å². The van der Waals surface area contributed by atoms with Crippen molar-refractivity contribution in [3.05, 3.63) is 101 Å². The van der Waals surface area contributed by atoms with Gasteiger partial charge in [0.15, 0.2) is 0 Å². The number of benzene rings is 3. The molecule has 0 aliphatic carbocycles. The molecule has 1 heterocycles. The Morgan fingerprint density at radius 1 is 0.970 bits per heavy atom. The molecule has 2 N–H and O–H groups in total. The monoisotopic (exact) mass is 440 g/mol. The van der Waals surface area contributed by atoms with E-state index in [4.69, 9.17) is 10.5 Å². The van der Waals surface area contributed by atoms with E-state index in [0.717, 1.165) is 34.3 Å². The van der Waals surface area contributed by atoms with Gasteiger partial charge in [-0.2, -0.15) is 0 Å². The van der Waals surface area contributed by atoms with Gasteiger partial charge in [-0.25, -0.2) is 0 Å². The first-order valence-electron chi connectivity index (χ1n) is 11.4. The maximum atomic E-state index is 12.1. The Morgan fingerprint density at radius 2 is 1.64 bits per heavy atom. The number of nitrogens with two attached hydrogens (primary N) is 1. The predicted octanol–water partition coefficient (Wildman–Crippen LogP) is 6.00. The number of aromatic nitrogens is 1. The summed E-state index contributed by atoms with van der Waals surface area (Å²) in [6, 6.07) is 25.1. The molecular formula is C29H32N2O2. The lowest BCUT2D eigenvalue weighted by Gasteiger charge is -2.21. The number of rotatable bonds is 7. The van der Waals surface area contributed by atoms with Gasteiger partial charge in [0.05, 0.1) is 7.11 Å². The van der Waals surface area contributed by atoms with E-state index in [1.54, 1.807) is 7.11 Å². The Bertz CT molecular complexity index is 1250. The molecule has 1 aromatic heterocycles. The zero-order valence-electron chi connectivity index (χ0n) is 19.8. The number of fused-ring (bicyclic) bond motifs is 1. The standard InChI is InChI=1S/C29H32N2O2/c1-29(2,3)22-13-11-21(12-14-22)25(17-28(30)32)26-19-31(27-8-6-5-7-24(26)27)18-20-9-15-23(33-4)16-10-20/h5-16,19,25H,17-18H2,1-4H3,(H2,30,32)/t25-/m0/s1. The largest absolute Gasteiger partial charge is 0.497 e. The van der Waals surface area contributed by atoms with Crippen LogP contribution in [0.25, 0.3) is 10.9 Å². The van der Waals surface area contributed by atoms with Gasteiger partial charge >= 0.3 is 0 Å². The molecule has 0 bridgehead atoms. The third-order valence-corrected chi connectivity index (χ3v) is 6.29. The average molecular weight is 441 g/mol. The average Bonchev–Trinajstić information content (AvgIpc) is 3.15. The second-order valence-electron chi connectivity index (χ2n) is 9.67. The van der Waals surface area contributed by atoms with Crippen LogP contribution in [0.1, 0.15) is 55.4 Å². The van der Waals surface area contributed by atoms with E-state index in [0.29, 0.717) is 0 Å². The summed E-state index contributed by atoms with van der Waals surface area (Å²) in [5, 5.41) is 1.15. The second kappa shape index (κ2) is 9.14. The number of primary amides is 1. The number of methoxy groups -OCH3 is 1. The molecule has 4 rings (SSSR count). The van der Waals surface area contributed by atoms with Gasteiger partial charge in [-0.3, -0.25) is 4.79 Å². The van der Waals surface area contributed by atoms with Gasteiger partial charge in [0, 0.05) is 36.0 Å². The molecule has 4 heteroatoms. The second-order valence-corrected chi connectivity index (χ2v) is 9.67. The quantitative estimate of drug-likeness (QED) is 0.383. The normalized spacial score (nSPS) is 12.6.